The Balaban J connectivity index is 1.93. The minimum absolute atomic E-state index is 0.134. The highest BCUT2D eigenvalue weighted by atomic mass is 16.5. The Morgan fingerprint density at radius 3 is 2.33 bits per heavy atom. The fourth-order valence-electron chi connectivity index (χ4n) is 2.42. The summed E-state index contributed by atoms with van der Waals surface area (Å²) in [6.07, 6.45) is 1.55. The second kappa shape index (κ2) is 8.50. The molecule has 1 N–H and O–H groups in total. The summed E-state index contributed by atoms with van der Waals surface area (Å²) in [6.45, 7) is 4.36. The molecule has 128 valence electrons. The van der Waals surface area contributed by atoms with E-state index in [4.69, 9.17) is 9.47 Å². The van der Waals surface area contributed by atoms with Gasteiger partial charge in [-0.2, -0.15) is 0 Å². The van der Waals surface area contributed by atoms with Gasteiger partial charge in [0.05, 0.1) is 0 Å². The molecule has 0 aromatic heterocycles. The molecule has 1 unspecified atom stereocenters. The average Bonchev–Trinajstić information content (AvgIpc) is 2.62. The van der Waals surface area contributed by atoms with Crippen LogP contribution in [0.15, 0.2) is 54.6 Å². The maximum absolute atomic E-state index is 12.4. The van der Waals surface area contributed by atoms with Crippen LogP contribution in [0.5, 0.6) is 5.75 Å². The van der Waals surface area contributed by atoms with Crippen LogP contribution < -0.4 is 10.1 Å². The Morgan fingerprint density at radius 2 is 1.75 bits per heavy atom. The van der Waals surface area contributed by atoms with Gasteiger partial charge in [0.2, 0.25) is 0 Å². The number of hydrogen-bond donors (Lipinski definition) is 1. The maximum Gasteiger partial charge on any atom is 0.256 e. The number of methoxy groups -OCH3 is 1. The van der Waals surface area contributed by atoms with Gasteiger partial charge in [-0.25, -0.2) is 0 Å². The van der Waals surface area contributed by atoms with Crippen LogP contribution in [-0.2, 0) is 16.1 Å². The standard InChI is InChI=1S/C20H25NO3/c1-4-14-20(2,23-3)19(22)21-17-10-12-18(13-11-17)24-15-16-8-6-5-7-9-16/h5-13H,4,14-15H2,1-3H3,(H,21,22). The van der Waals surface area contributed by atoms with Crippen LogP contribution in [0.4, 0.5) is 5.69 Å². The topological polar surface area (TPSA) is 47.6 Å². The van der Waals surface area contributed by atoms with Gasteiger partial charge in [-0.3, -0.25) is 4.79 Å². The van der Waals surface area contributed by atoms with Crippen LogP contribution in [0.3, 0.4) is 0 Å². The molecule has 0 spiro atoms. The van der Waals surface area contributed by atoms with Gasteiger partial charge in [-0.1, -0.05) is 43.7 Å². The molecule has 0 aliphatic rings. The first-order valence-corrected chi connectivity index (χ1v) is 8.21. The van der Waals surface area contributed by atoms with Crippen molar-refractivity contribution in [3.8, 4) is 5.75 Å². The number of anilines is 1. The number of amides is 1. The summed E-state index contributed by atoms with van der Waals surface area (Å²) in [5.74, 6) is 0.629. The minimum atomic E-state index is -0.808. The van der Waals surface area contributed by atoms with Crippen molar-refractivity contribution in [2.75, 3.05) is 12.4 Å². The Labute approximate surface area is 143 Å². The zero-order valence-corrected chi connectivity index (χ0v) is 14.5. The van der Waals surface area contributed by atoms with Gasteiger partial charge in [0.1, 0.15) is 18.0 Å². The van der Waals surface area contributed by atoms with Crippen LogP contribution in [0.1, 0.15) is 32.3 Å². The molecule has 2 aromatic rings. The smallest absolute Gasteiger partial charge is 0.256 e. The number of carbonyl (C=O) groups excluding carboxylic acids is 1. The third-order valence-corrected chi connectivity index (χ3v) is 4.02. The highest BCUT2D eigenvalue weighted by Crippen LogP contribution is 2.21. The van der Waals surface area contributed by atoms with E-state index in [-0.39, 0.29) is 5.91 Å². The fourth-order valence-corrected chi connectivity index (χ4v) is 2.42. The van der Waals surface area contributed by atoms with Gasteiger partial charge in [-0.15, -0.1) is 0 Å². The Bertz CT molecular complexity index is 640. The Morgan fingerprint density at radius 1 is 1.08 bits per heavy atom. The number of carbonyl (C=O) groups is 1. The molecule has 0 saturated carbocycles. The van der Waals surface area contributed by atoms with Crippen LogP contribution in [-0.4, -0.2) is 18.6 Å². The highest BCUT2D eigenvalue weighted by molar-refractivity contribution is 5.97. The predicted octanol–water partition coefficient (Wildman–Crippen LogP) is 4.41. The van der Waals surface area contributed by atoms with Crippen molar-refractivity contribution in [2.45, 2.75) is 38.9 Å². The van der Waals surface area contributed by atoms with E-state index in [1.807, 2.05) is 68.4 Å². The van der Waals surface area contributed by atoms with Crippen molar-refractivity contribution in [2.24, 2.45) is 0 Å². The van der Waals surface area contributed by atoms with Crippen molar-refractivity contribution in [3.05, 3.63) is 60.2 Å². The summed E-state index contributed by atoms with van der Waals surface area (Å²) in [4.78, 5) is 12.4. The van der Waals surface area contributed by atoms with E-state index >= 15 is 0 Å². The molecular weight excluding hydrogens is 302 g/mol. The predicted molar refractivity (Wildman–Crippen MR) is 96.2 cm³/mol. The van der Waals surface area contributed by atoms with Gasteiger partial charge in [0, 0.05) is 12.8 Å². The highest BCUT2D eigenvalue weighted by Gasteiger charge is 2.31. The molecule has 0 fully saturated rings. The van der Waals surface area contributed by atoms with Gasteiger partial charge < -0.3 is 14.8 Å². The zero-order chi connectivity index (χ0) is 17.4. The quantitative estimate of drug-likeness (QED) is 0.781. The normalized spacial score (nSPS) is 13.1. The number of nitrogens with one attached hydrogen (secondary N) is 1. The van der Waals surface area contributed by atoms with Crippen LogP contribution in [0.2, 0.25) is 0 Å². The molecule has 4 heteroatoms. The van der Waals surface area contributed by atoms with Crippen molar-refractivity contribution >= 4 is 11.6 Å². The van der Waals surface area contributed by atoms with Crippen LogP contribution in [0.25, 0.3) is 0 Å². The van der Waals surface area contributed by atoms with E-state index in [1.54, 1.807) is 7.11 Å². The van der Waals surface area contributed by atoms with E-state index in [0.29, 0.717) is 13.0 Å². The maximum atomic E-state index is 12.4. The Hall–Kier alpha value is -2.33. The second-order valence-corrected chi connectivity index (χ2v) is 5.94. The van der Waals surface area contributed by atoms with Crippen molar-refractivity contribution < 1.29 is 14.3 Å². The van der Waals surface area contributed by atoms with Crippen LogP contribution >= 0.6 is 0 Å². The summed E-state index contributed by atoms with van der Waals surface area (Å²) in [5.41, 5.74) is 1.04. The first-order chi connectivity index (χ1) is 11.6. The fraction of sp³-hybridized carbons (Fsp3) is 0.350. The molecule has 2 rings (SSSR count). The zero-order valence-electron chi connectivity index (χ0n) is 14.5. The van der Waals surface area contributed by atoms with Crippen molar-refractivity contribution in [1.29, 1.82) is 0 Å². The SMILES string of the molecule is CCCC(C)(OC)C(=O)Nc1ccc(OCc2ccccc2)cc1. The summed E-state index contributed by atoms with van der Waals surface area (Å²) >= 11 is 0. The molecule has 0 aliphatic carbocycles. The van der Waals surface area contributed by atoms with Gasteiger partial charge in [-0.05, 0) is 43.2 Å². The average molecular weight is 327 g/mol. The molecule has 0 radical (unpaired) electrons. The van der Waals surface area contributed by atoms with E-state index in [0.717, 1.165) is 23.4 Å². The summed E-state index contributed by atoms with van der Waals surface area (Å²) < 4.78 is 11.1. The van der Waals surface area contributed by atoms with E-state index in [2.05, 4.69) is 5.32 Å². The minimum Gasteiger partial charge on any atom is -0.489 e. The lowest BCUT2D eigenvalue weighted by Gasteiger charge is -2.26. The van der Waals surface area contributed by atoms with Gasteiger partial charge in [0.15, 0.2) is 0 Å². The van der Waals surface area contributed by atoms with Crippen molar-refractivity contribution in [1.82, 2.24) is 0 Å². The van der Waals surface area contributed by atoms with E-state index in [9.17, 15) is 4.79 Å². The molecule has 0 saturated heterocycles. The molecule has 0 aliphatic heterocycles. The number of rotatable bonds is 8. The number of ether oxygens (including phenoxy) is 2. The largest absolute Gasteiger partial charge is 0.489 e. The summed E-state index contributed by atoms with van der Waals surface area (Å²) in [6, 6.07) is 17.4. The second-order valence-electron chi connectivity index (χ2n) is 5.94. The lowest BCUT2D eigenvalue weighted by Crippen LogP contribution is -2.41. The number of hydrogen-bond acceptors (Lipinski definition) is 3. The first kappa shape index (κ1) is 18.0. The van der Waals surface area contributed by atoms with E-state index < -0.39 is 5.60 Å². The third kappa shape index (κ3) is 4.83. The Kier molecular flexibility index (Phi) is 6.38. The molecule has 0 bridgehead atoms. The molecule has 0 heterocycles. The van der Waals surface area contributed by atoms with Gasteiger partial charge >= 0.3 is 0 Å². The third-order valence-electron chi connectivity index (χ3n) is 4.02. The van der Waals surface area contributed by atoms with E-state index in [1.165, 1.54) is 0 Å². The van der Waals surface area contributed by atoms with Crippen LogP contribution in [0, 0.1) is 0 Å². The lowest BCUT2D eigenvalue weighted by atomic mass is 9.99. The van der Waals surface area contributed by atoms with Crippen molar-refractivity contribution in [3.63, 3.8) is 0 Å². The lowest BCUT2D eigenvalue weighted by molar-refractivity contribution is -0.136. The summed E-state index contributed by atoms with van der Waals surface area (Å²) in [7, 11) is 1.57. The molecular formula is C20H25NO3. The monoisotopic (exact) mass is 327 g/mol. The van der Waals surface area contributed by atoms with Gasteiger partial charge in [0.25, 0.3) is 5.91 Å². The molecule has 1 amide bonds. The molecule has 24 heavy (non-hydrogen) atoms. The molecule has 2 aromatic carbocycles. The molecule has 4 nitrogen and oxygen atoms in total. The molecule has 1 atom stereocenters. The number of benzene rings is 2. The first-order valence-electron chi connectivity index (χ1n) is 8.21. The summed E-state index contributed by atoms with van der Waals surface area (Å²) in [5, 5.41) is 2.90.